The Labute approximate surface area is 147 Å². The van der Waals surface area contributed by atoms with Gasteiger partial charge in [-0.3, -0.25) is 4.79 Å². The molecule has 0 bridgehead atoms. The summed E-state index contributed by atoms with van der Waals surface area (Å²) in [6.07, 6.45) is -1.13. The molecule has 134 valence electrons. The van der Waals surface area contributed by atoms with Gasteiger partial charge in [0.05, 0.1) is 5.56 Å². The highest BCUT2D eigenvalue weighted by atomic mass is 32.1. The van der Waals surface area contributed by atoms with Gasteiger partial charge in [-0.15, -0.1) is 10.2 Å². The average molecular weight is 369 g/mol. The number of amides is 1. The van der Waals surface area contributed by atoms with Crippen LogP contribution in [-0.4, -0.2) is 16.1 Å². The lowest BCUT2D eigenvalue weighted by Gasteiger charge is -2.12. The van der Waals surface area contributed by atoms with Crippen LogP contribution >= 0.6 is 11.3 Å². The maximum Gasteiger partial charge on any atom is 0.416 e. The minimum absolute atomic E-state index is 0.191. The molecule has 0 saturated heterocycles. The van der Waals surface area contributed by atoms with E-state index in [0.29, 0.717) is 11.6 Å². The molecule has 1 saturated carbocycles. The molecule has 1 fully saturated rings. The van der Waals surface area contributed by atoms with E-state index in [-0.39, 0.29) is 11.5 Å². The smallest absolute Gasteiger partial charge is 0.300 e. The number of nitrogens with one attached hydrogen (secondary N) is 1. The monoisotopic (exact) mass is 369 g/mol. The SMILES string of the molecule is CCCCc1nnc(NC(=O)C2CC2c2ccccc2C(F)(F)F)s1. The highest BCUT2D eigenvalue weighted by Crippen LogP contribution is 2.51. The summed E-state index contributed by atoms with van der Waals surface area (Å²) in [5, 5.41) is 11.9. The zero-order chi connectivity index (χ0) is 18.0. The molecule has 0 spiro atoms. The number of hydrogen-bond donors (Lipinski definition) is 1. The van der Waals surface area contributed by atoms with Crippen LogP contribution in [0.25, 0.3) is 0 Å². The highest BCUT2D eigenvalue weighted by Gasteiger charge is 2.48. The maximum absolute atomic E-state index is 13.1. The maximum atomic E-state index is 13.1. The van der Waals surface area contributed by atoms with Gasteiger partial charge in [0.2, 0.25) is 11.0 Å². The van der Waals surface area contributed by atoms with Crippen LogP contribution in [0.5, 0.6) is 0 Å². The van der Waals surface area contributed by atoms with Crippen molar-refractivity contribution in [1.82, 2.24) is 10.2 Å². The molecule has 1 amide bonds. The first kappa shape index (κ1) is 17.8. The largest absolute Gasteiger partial charge is 0.416 e. The molecule has 1 heterocycles. The number of rotatable bonds is 6. The summed E-state index contributed by atoms with van der Waals surface area (Å²) in [6.45, 7) is 2.08. The predicted octanol–water partition coefficient (Wildman–Crippen LogP) is 4.64. The van der Waals surface area contributed by atoms with E-state index in [1.807, 2.05) is 0 Å². The summed E-state index contributed by atoms with van der Waals surface area (Å²) in [7, 11) is 0. The van der Waals surface area contributed by atoms with Gasteiger partial charge >= 0.3 is 6.18 Å². The zero-order valence-electron chi connectivity index (χ0n) is 13.6. The second-order valence-corrected chi connectivity index (χ2v) is 7.19. The quantitative estimate of drug-likeness (QED) is 0.807. The third kappa shape index (κ3) is 4.18. The molecule has 1 aromatic carbocycles. The Bertz CT molecular complexity index is 760. The van der Waals surface area contributed by atoms with E-state index < -0.39 is 23.6 Å². The van der Waals surface area contributed by atoms with Gasteiger partial charge in [0.25, 0.3) is 0 Å². The van der Waals surface area contributed by atoms with E-state index in [0.717, 1.165) is 30.3 Å². The van der Waals surface area contributed by atoms with E-state index >= 15 is 0 Å². The molecule has 1 N–H and O–H groups in total. The van der Waals surface area contributed by atoms with Crippen molar-refractivity contribution in [2.75, 3.05) is 5.32 Å². The van der Waals surface area contributed by atoms with Gasteiger partial charge in [0.15, 0.2) is 0 Å². The standard InChI is InChI=1S/C17H18F3N3OS/c1-2-3-8-14-22-23-16(25-14)21-15(24)12-9-11(12)10-6-4-5-7-13(10)17(18,19)20/h4-7,11-12H,2-3,8-9H2,1H3,(H,21,23,24). The molecule has 4 nitrogen and oxygen atoms in total. The number of unbranched alkanes of at least 4 members (excludes halogenated alkanes) is 1. The Hall–Kier alpha value is -1.96. The van der Waals surface area contributed by atoms with E-state index in [2.05, 4.69) is 22.4 Å². The van der Waals surface area contributed by atoms with Gasteiger partial charge < -0.3 is 5.32 Å². The summed E-state index contributed by atoms with van der Waals surface area (Å²) in [6, 6.07) is 5.45. The fraction of sp³-hybridized carbons (Fsp3) is 0.471. The number of carbonyl (C=O) groups excluding carboxylic acids is 1. The van der Waals surface area contributed by atoms with Crippen molar-refractivity contribution < 1.29 is 18.0 Å². The highest BCUT2D eigenvalue weighted by molar-refractivity contribution is 7.15. The van der Waals surface area contributed by atoms with Crippen LogP contribution < -0.4 is 5.32 Å². The van der Waals surface area contributed by atoms with Crippen molar-refractivity contribution in [3.05, 3.63) is 40.4 Å². The van der Waals surface area contributed by atoms with Crippen molar-refractivity contribution in [1.29, 1.82) is 0 Å². The molecule has 1 aromatic heterocycles. The third-order valence-electron chi connectivity index (χ3n) is 4.23. The van der Waals surface area contributed by atoms with Crippen molar-refractivity contribution in [3.63, 3.8) is 0 Å². The summed E-state index contributed by atoms with van der Waals surface area (Å²) in [5.74, 6) is -1.14. The van der Waals surface area contributed by atoms with Crippen LogP contribution in [0, 0.1) is 5.92 Å². The van der Waals surface area contributed by atoms with Crippen LogP contribution in [0.15, 0.2) is 24.3 Å². The lowest BCUT2D eigenvalue weighted by molar-refractivity contribution is -0.138. The van der Waals surface area contributed by atoms with Crippen LogP contribution in [0.1, 0.15) is 48.2 Å². The first-order valence-electron chi connectivity index (χ1n) is 8.19. The summed E-state index contributed by atoms with van der Waals surface area (Å²) >= 11 is 1.32. The van der Waals surface area contributed by atoms with Gasteiger partial charge in [-0.05, 0) is 30.4 Å². The van der Waals surface area contributed by atoms with Crippen molar-refractivity contribution >= 4 is 22.4 Å². The zero-order valence-corrected chi connectivity index (χ0v) is 14.5. The number of anilines is 1. The van der Waals surface area contributed by atoms with Gasteiger partial charge in [-0.1, -0.05) is 42.9 Å². The Morgan fingerprint density at radius 2 is 2.08 bits per heavy atom. The van der Waals surface area contributed by atoms with Crippen molar-refractivity contribution in [3.8, 4) is 0 Å². The summed E-state index contributed by atoms with van der Waals surface area (Å²) in [5.41, 5.74) is -0.468. The van der Waals surface area contributed by atoms with E-state index in [1.54, 1.807) is 6.07 Å². The van der Waals surface area contributed by atoms with E-state index in [4.69, 9.17) is 0 Å². The molecule has 25 heavy (non-hydrogen) atoms. The molecule has 2 unspecified atom stereocenters. The number of benzene rings is 1. The second-order valence-electron chi connectivity index (χ2n) is 6.13. The number of aryl methyl sites for hydroxylation is 1. The number of aromatic nitrogens is 2. The molecule has 1 aliphatic rings. The molecular formula is C17H18F3N3OS. The average Bonchev–Trinajstić information content (AvgIpc) is 3.26. The van der Waals surface area contributed by atoms with E-state index in [9.17, 15) is 18.0 Å². The Kier molecular flexibility index (Phi) is 5.08. The fourth-order valence-electron chi connectivity index (χ4n) is 2.84. The molecule has 8 heteroatoms. The minimum atomic E-state index is -4.41. The molecular weight excluding hydrogens is 351 g/mol. The normalized spacial score (nSPS) is 19.7. The molecule has 2 atom stereocenters. The summed E-state index contributed by atoms with van der Waals surface area (Å²) in [4.78, 5) is 12.3. The fourth-order valence-corrected chi connectivity index (χ4v) is 3.62. The number of carbonyl (C=O) groups is 1. The van der Waals surface area contributed by atoms with Crippen molar-refractivity contribution in [2.45, 2.75) is 44.7 Å². The van der Waals surface area contributed by atoms with Gasteiger partial charge in [-0.25, -0.2) is 0 Å². The van der Waals surface area contributed by atoms with Gasteiger partial charge in [0.1, 0.15) is 5.01 Å². The Morgan fingerprint density at radius 3 is 2.80 bits per heavy atom. The van der Waals surface area contributed by atoms with Crippen molar-refractivity contribution in [2.24, 2.45) is 5.92 Å². The van der Waals surface area contributed by atoms with E-state index in [1.165, 1.54) is 23.5 Å². The number of halogens is 3. The Balaban J connectivity index is 1.64. The topological polar surface area (TPSA) is 54.9 Å². The Morgan fingerprint density at radius 1 is 1.32 bits per heavy atom. The number of alkyl halides is 3. The first-order chi connectivity index (χ1) is 11.9. The third-order valence-corrected chi connectivity index (χ3v) is 5.13. The molecule has 2 aromatic rings. The molecule has 1 aliphatic carbocycles. The summed E-state index contributed by atoms with van der Waals surface area (Å²) < 4.78 is 39.3. The second kappa shape index (κ2) is 7.11. The minimum Gasteiger partial charge on any atom is -0.300 e. The molecule has 0 aliphatic heterocycles. The van der Waals surface area contributed by atoms with Crippen LogP contribution in [0.4, 0.5) is 18.3 Å². The predicted molar refractivity (Wildman–Crippen MR) is 89.4 cm³/mol. The lowest BCUT2D eigenvalue weighted by atomic mass is 10.0. The number of nitrogens with zero attached hydrogens (tertiary/aromatic N) is 2. The van der Waals surface area contributed by atoms with Gasteiger partial charge in [-0.2, -0.15) is 13.2 Å². The van der Waals surface area contributed by atoms with Gasteiger partial charge in [0, 0.05) is 12.3 Å². The number of hydrogen-bond acceptors (Lipinski definition) is 4. The molecule has 0 radical (unpaired) electrons. The van der Waals surface area contributed by atoms with Crippen LogP contribution in [-0.2, 0) is 17.4 Å². The van der Waals surface area contributed by atoms with Crippen LogP contribution in [0.3, 0.4) is 0 Å². The first-order valence-corrected chi connectivity index (χ1v) is 9.01. The van der Waals surface area contributed by atoms with Crippen LogP contribution in [0.2, 0.25) is 0 Å². The molecule has 3 rings (SSSR count). The lowest BCUT2D eigenvalue weighted by Crippen LogP contribution is -2.15.